The van der Waals surface area contributed by atoms with Gasteiger partial charge in [0.1, 0.15) is 5.56 Å². The van der Waals surface area contributed by atoms with Gasteiger partial charge in [0.15, 0.2) is 5.75 Å². The summed E-state index contributed by atoms with van der Waals surface area (Å²) in [6, 6.07) is 5.85. The molecule has 0 saturated heterocycles. The van der Waals surface area contributed by atoms with Gasteiger partial charge in [-0.1, -0.05) is 12.1 Å². The highest BCUT2D eigenvalue weighted by Crippen LogP contribution is 2.17. The first-order valence-electron chi connectivity index (χ1n) is 4.15. The third kappa shape index (κ3) is 3.46. The molecule has 1 aromatic carbocycles. The zero-order chi connectivity index (χ0) is 12.0. The first-order valence-corrected chi connectivity index (χ1v) is 4.15. The SMILES string of the molecule is NC(=O)OCOOc1ccccc1C(=O)O. The second kappa shape index (κ2) is 5.56. The lowest BCUT2D eigenvalue weighted by Gasteiger charge is -2.06. The highest BCUT2D eigenvalue weighted by atomic mass is 17.2. The molecule has 0 spiro atoms. The van der Waals surface area contributed by atoms with Crippen LogP contribution in [0.4, 0.5) is 4.79 Å². The maximum absolute atomic E-state index is 10.7. The molecule has 86 valence electrons. The highest BCUT2D eigenvalue weighted by molar-refractivity contribution is 5.90. The lowest BCUT2D eigenvalue weighted by atomic mass is 10.2. The number of benzene rings is 1. The molecule has 0 atom stereocenters. The quantitative estimate of drug-likeness (QED) is 0.332. The molecule has 0 aliphatic rings. The third-order valence-corrected chi connectivity index (χ3v) is 1.52. The molecule has 0 aliphatic carbocycles. The van der Waals surface area contributed by atoms with Crippen LogP contribution in [0.15, 0.2) is 24.3 Å². The van der Waals surface area contributed by atoms with Crippen LogP contribution in [0.2, 0.25) is 0 Å². The fourth-order valence-electron chi connectivity index (χ4n) is 0.886. The fourth-order valence-corrected chi connectivity index (χ4v) is 0.886. The summed E-state index contributed by atoms with van der Waals surface area (Å²) in [5.74, 6) is -1.15. The summed E-state index contributed by atoms with van der Waals surface area (Å²) in [6.45, 7) is -0.525. The predicted molar refractivity (Wildman–Crippen MR) is 50.6 cm³/mol. The average Bonchev–Trinajstić information content (AvgIpc) is 2.24. The first-order chi connectivity index (χ1) is 7.61. The molecule has 0 aliphatic heterocycles. The van der Waals surface area contributed by atoms with Gasteiger partial charge in [0.2, 0.25) is 6.79 Å². The van der Waals surface area contributed by atoms with Crippen molar-refractivity contribution in [1.82, 2.24) is 0 Å². The average molecular weight is 227 g/mol. The summed E-state index contributed by atoms with van der Waals surface area (Å²) in [4.78, 5) is 29.9. The monoisotopic (exact) mass is 227 g/mol. The van der Waals surface area contributed by atoms with E-state index in [4.69, 9.17) is 5.11 Å². The van der Waals surface area contributed by atoms with Crippen molar-refractivity contribution in [3.63, 3.8) is 0 Å². The van der Waals surface area contributed by atoms with Crippen molar-refractivity contribution >= 4 is 12.1 Å². The summed E-state index contributed by atoms with van der Waals surface area (Å²) in [5.41, 5.74) is 4.59. The van der Waals surface area contributed by atoms with E-state index in [1.165, 1.54) is 18.2 Å². The van der Waals surface area contributed by atoms with Gasteiger partial charge in [0, 0.05) is 0 Å². The van der Waals surface area contributed by atoms with Gasteiger partial charge in [-0.05, 0) is 12.1 Å². The topological polar surface area (TPSA) is 108 Å². The number of aromatic carboxylic acids is 1. The third-order valence-electron chi connectivity index (χ3n) is 1.52. The number of carbonyl (C=O) groups excluding carboxylic acids is 1. The van der Waals surface area contributed by atoms with E-state index in [2.05, 4.69) is 20.2 Å². The Balaban J connectivity index is 2.53. The summed E-state index contributed by atoms with van der Waals surface area (Å²) in [7, 11) is 0. The van der Waals surface area contributed by atoms with E-state index in [9.17, 15) is 9.59 Å². The summed E-state index contributed by atoms with van der Waals surface area (Å²) >= 11 is 0. The standard InChI is InChI=1S/C9H9NO6/c10-9(13)14-5-15-16-7-4-2-1-3-6(7)8(11)12/h1-4H,5H2,(H2,10,13)(H,11,12). The molecule has 1 aromatic rings. The molecule has 0 heterocycles. The number of ether oxygens (including phenoxy) is 1. The van der Waals surface area contributed by atoms with Gasteiger partial charge < -0.3 is 20.5 Å². The van der Waals surface area contributed by atoms with E-state index in [1.54, 1.807) is 6.07 Å². The van der Waals surface area contributed by atoms with Crippen LogP contribution in [0.5, 0.6) is 5.75 Å². The van der Waals surface area contributed by atoms with Gasteiger partial charge >= 0.3 is 12.1 Å². The number of hydrogen-bond donors (Lipinski definition) is 2. The van der Waals surface area contributed by atoms with Crippen LogP contribution in [-0.2, 0) is 9.62 Å². The van der Waals surface area contributed by atoms with E-state index in [1.807, 2.05) is 0 Å². The second-order valence-electron chi connectivity index (χ2n) is 2.58. The molecule has 16 heavy (non-hydrogen) atoms. The Bertz CT molecular complexity index is 391. The molecule has 3 N–H and O–H groups in total. The van der Waals surface area contributed by atoms with Gasteiger partial charge in [-0.3, -0.25) is 0 Å². The Hall–Kier alpha value is -2.28. The number of carbonyl (C=O) groups is 2. The minimum absolute atomic E-state index is 0.00284. The summed E-state index contributed by atoms with van der Waals surface area (Å²) in [6.07, 6.45) is -1.02. The zero-order valence-corrected chi connectivity index (χ0v) is 8.08. The maximum Gasteiger partial charge on any atom is 0.406 e. The van der Waals surface area contributed by atoms with Crippen LogP contribution in [0, 0.1) is 0 Å². The number of para-hydroxylation sites is 1. The molecule has 0 saturated carbocycles. The van der Waals surface area contributed by atoms with Crippen molar-refractivity contribution < 1.29 is 29.2 Å². The molecule has 0 unspecified atom stereocenters. The van der Waals surface area contributed by atoms with Gasteiger partial charge in [0.05, 0.1) is 0 Å². The van der Waals surface area contributed by atoms with Crippen LogP contribution in [0.1, 0.15) is 10.4 Å². The van der Waals surface area contributed by atoms with Gasteiger partial charge in [0.25, 0.3) is 0 Å². The lowest BCUT2D eigenvalue weighted by Crippen LogP contribution is -2.16. The molecule has 0 radical (unpaired) electrons. The molecule has 0 fully saturated rings. The molecular formula is C9H9NO6. The van der Waals surface area contributed by atoms with Crippen molar-refractivity contribution in [3.8, 4) is 5.75 Å². The number of rotatable bonds is 5. The van der Waals surface area contributed by atoms with Crippen LogP contribution < -0.4 is 10.6 Å². The number of primary amides is 1. The Morgan fingerprint density at radius 3 is 2.62 bits per heavy atom. The Kier molecular flexibility index (Phi) is 4.10. The molecular weight excluding hydrogens is 218 g/mol. The Morgan fingerprint density at radius 1 is 1.31 bits per heavy atom. The smallest absolute Gasteiger partial charge is 0.406 e. The van der Waals surface area contributed by atoms with E-state index in [-0.39, 0.29) is 11.3 Å². The number of amides is 1. The maximum atomic E-state index is 10.7. The molecule has 0 aromatic heterocycles. The lowest BCUT2D eigenvalue weighted by molar-refractivity contribution is -0.252. The van der Waals surface area contributed by atoms with Crippen molar-refractivity contribution in [2.45, 2.75) is 0 Å². The van der Waals surface area contributed by atoms with E-state index < -0.39 is 18.9 Å². The highest BCUT2D eigenvalue weighted by Gasteiger charge is 2.10. The molecule has 7 nitrogen and oxygen atoms in total. The van der Waals surface area contributed by atoms with E-state index >= 15 is 0 Å². The normalized spacial score (nSPS) is 9.50. The number of hydrogen-bond acceptors (Lipinski definition) is 5. The molecule has 1 rings (SSSR count). The number of nitrogens with two attached hydrogens (primary N) is 1. The van der Waals surface area contributed by atoms with Crippen molar-refractivity contribution in [3.05, 3.63) is 29.8 Å². The Morgan fingerprint density at radius 2 is 2.00 bits per heavy atom. The number of carboxylic acid groups (broad SMARTS) is 1. The van der Waals surface area contributed by atoms with Crippen molar-refractivity contribution in [2.24, 2.45) is 5.73 Å². The summed E-state index contributed by atoms with van der Waals surface area (Å²) < 4.78 is 4.21. The van der Waals surface area contributed by atoms with Crippen molar-refractivity contribution in [2.75, 3.05) is 6.79 Å². The largest absolute Gasteiger partial charge is 0.478 e. The van der Waals surface area contributed by atoms with Crippen LogP contribution in [0.25, 0.3) is 0 Å². The predicted octanol–water partition coefficient (Wildman–Crippen LogP) is 0.748. The Labute approximate surface area is 90.3 Å². The molecule has 1 amide bonds. The van der Waals surface area contributed by atoms with E-state index in [0.717, 1.165) is 0 Å². The minimum atomic E-state index is -1.16. The van der Waals surface area contributed by atoms with Crippen LogP contribution in [0.3, 0.4) is 0 Å². The number of carboxylic acids is 1. The summed E-state index contributed by atoms with van der Waals surface area (Å²) in [5, 5.41) is 8.77. The molecule has 0 bridgehead atoms. The van der Waals surface area contributed by atoms with Crippen molar-refractivity contribution in [1.29, 1.82) is 0 Å². The van der Waals surface area contributed by atoms with Crippen LogP contribution >= 0.6 is 0 Å². The molecule has 7 heteroatoms. The van der Waals surface area contributed by atoms with Gasteiger partial charge in [-0.25, -0.2) is 9.59 Å². The zero-order valence-electron chi connectivity index (χ0n) is 8.08. The van der Waals surface area contributed by atoms with E-state index in [0.29, 0.717) is 0 Å². The van der Waals surface area contributed by atoms with Gasteiger partial charge in [-0.2, -0.15) is 0 Å². The second-order valence-corrected chi connectivity index (χ2v) is 2.58. The van der Waals surface area contributed by atoms with Gasteiger partial charge in [-0.15, -0.1) is 4.89 Å². The fraction of sp³-hybridized carbons (Fsp3) is 0.111. The first kappa shape index (κ1) is 11.8. The van der Waals surface area contributed by atoms with Crippen LogP contribution in [-0.4, -0.2) is 24.0 Å². The minimum Gasteiger partial charge on any atom is -0.478 e.